The Morgan fingerprint density at radius 2 is 1.45 bits per heavy atom. The van der Waals surface area contributed by atoms with Gasteiger partial charge in [-0.05, 0) is 22.9 Å². The molecule has 68 valence electrons. The lowest BCUT2D eigenvalue weighted by Crippen LogP contribution is -2.34. The molecule has 11 heavy (non-hydrogen) atoms. The standard InChI is InChI=1S/C10H23P/c1-8(2)7-9(3,4)10(5,6)11/h8H,7,11H2,1-6H3. The van der Waals surface area contributed by atoms with Gasteiger partial charge in [-0.1, -0.05) is 41.5 Å². The molecule has 0 spiro atoms. The van der Waals surface area contributed by atoms with E-state index in [9.17, 15) is 0 Å². The van der Waals surface area contributed by atoms with Gasteiger partial charge in [0.15, 0.2) is 0 Å². The van der Waals surface area contributed by atoms with Crippen LogP contribution in [0.15, 0.2) is 0 Å². The van der Waals surface area contributed by atoms with Crippen molar-refractivity contribution in [2.75, 3.05) is 0 Å². The monoisotopic (exact) mass is 174 g/mol. The lowest BCUT2D eigenvalue weighted by atomic mass is 9.74. The lowest BCUT2D eigenvalue weighted by molar-refractivity contribution is 0.226. The molecule has 0 bridgehead atoms. The van der Waals surface area contributed by atoms with Crippen LogP contribution >= 0.6 is 9.24 Å². The van der Waals surface area contributed by atoms with Crippen LogP contribution in [0.1, 0.15) is 48.0 Å². The van der Waals surface area contributed by atoms with Gasteiger partial charge in [0.1, 0.15) is 0 Å². The summed E-state index contributed by atoms with van der Waals surface area (Å²) in [5.41, 5.74) is 0.422. The molecule has 0 aromatic carbocycles. The largest absolute Gasteiger partial charge is 0.131 e. The van der Waals surface area contributed by atoms with Crippen LogP contribution in [0.5, 0.6) is 0 Å². The van der Waals surface area contributed by atoms with Crippen LogP contribution in [0.25, 0.3) is 0 Å². The highest BCUT2D eigenvalue weighted by Gasteiger charge is 2.33. The molecule has 0 fully saturated rings. The van der Waals surface area contributed by atoms with Crippen LogP contribution < -0.4 is 0 Å². The second kappa shape index (κ2) is 3.44. The Morgan fingerprint density at radius 3 is 1.55 bits per heavy atom. The van der Waals surface area contributed by atoms with Crippen molar-refractivity contribution in [2.45, 2.75) is 53.1 Å². The summed E-state index contributed by atoms with van der Waals surface area (Å²) in [6, 6.07) is 0. The second-order valence-corrected chi connectivity index (χ2v) is 6.65. The summed E-state index contributed by atoms with van der Waals surface area (Å²) in [5.74, 6) is 0.796. The van der Waals surface area contributed by atoms with Crippen molar-refractivity contribution in [3.8, 4) is 0 Å². The van der Waals surface area contributed by atoms with E-state index in [0.717, 1.165) is 5.92 Å². The highest BCUT2D eigenvalue weighted by Crippen LogP contribution is 2.42. The summed E-state index contributed by atoms with van der Waals surface area (Å²) >= 11 is 0. The van der Waals surface area contributed by atoms with E-state index in [1.54, 1.807) is 0 Å². The molecule has 0 saturated heterocycles. The summed E-state index contributed by atoms with van der Waals surface area (Å²) in [6.07, 6.45) is 1.30. The van der Waals surface area contributed by atoms with Crippen molar-refractivity contribution in [1.82, 2.24) is 0 Å². The van der Waals surface area contributed by atoms with E-state index in [0.29, 0.717) is 10.6 Å². The minimum atomic E-state index is 0.345. The minimum Gasteiger partial charge on any atom is -0.131 e. The molecular weight excluding hydrogens is 151 g/mol. The number of hydrogen-bond acceptors (Lipinski definition) is 0. The van der Waals surface area contributed by atoms with E-state index < -0.39 is 0 Å². The molecular formula is C10H23P. The molecule has 0 nitrogen and oxygen atoms in total. The maximum absolute atomic E-state index is 2.95. The molecule has 0 aromatic rings. The lowest BCUT2D eigenvalue weighted by Gasteiger charge is -2.40. The fourth-order valence-electron chi connectivity index (χ4n) is 1.28. The van der Waals surface area contributed by atoms with Crippen LogP contribution in [-0.4, -0.2) is 5.16 Å². The van der Waals surface area contributed by atoms with Gasteiger partial charge >= 0.3 is 0 Å². The van der Waals surface area contributed by atoms with Gasteiger partial charge in [-0.15, -0.1) is 9.24 Å². The first-order valence-corrected chi connectivity index (χ1v) is 5.03. The Labute approximate surface area is 74.4 Å². The SMILES string of the molecule is CC(C)CC(C)(C)C(C)(C)P. The molecule has 1 unspecified atom stereocenters. The molecule has 0 rings (SSSR count). The van der Waals surface area contributed by atoms with Crippen LogP contribution in [-0.2, 0) is 0 Å². The van der Waals surface area contributed by atoms with E-state index in [4.69, 9.17) is 0 Å². The van der Waals surface area contributed by atoms with E-state index in [-0.39, 0.29) is 0 Å². The van der Waals surface area contributed by atoms with E-state index in [1.165, 1.54) is 6.42 Å². The van der Waals surface area contributed by atoms with Gasteiger partial charge in [0.05, 0.1) is 0 Å². The molecule has 0 N–H and O–H groups in total. The van der Waals surface area contributed by atoms with Crippen molar-refractivity contribution in [1.29, 1.82) is 0 Å². The third-order valence-corrected chi connectivity index (χ3v) is 3.44. The fourth-order valence-corrected chi connectivity index (χ4v) is 1.40. The number of rotatable bonds is 3. The Morgan fingerprint density at radius 1 is 1.09 bits per heavy atom. The zero-order valence-electron chi connectivity index (χ0n) is 8.86. The Hall–Kier alpha value is 0.430. The zero-order valence-corrected chi connectivity index (χ0v) is 10.0. The first-order chi connectivity index (χ1) is 4.67. The van der Waals surface area contributed by atoms with Crippen LogP contribution in [0.4, 0.5) is 0 Å². The molecule has 0 heterocycles. The molecule has 0 saturated carbocycles. The van der Waals surface area contributed by atoms with Gasteiger partial charge in [-0.2, -0.15) is 0 Å². The zero-order chi connectivity index (χ0) is 9.28. The first kappa shape index (κ1) is 11.4. The van der Waals surface area contributed by atoms with Crippen molar-refractivity contribution in [2.24, 2.45) is 11.3 Å². The maximum atomic E-state index is 2.95. The van der Waals surface area contributed by atoms with Crippen molar-refractivity contribution < 1.29 is 0 Å². The van der Waals surface area contributed by atoms with Crippen molar-refractivity contribution >= 4 is 9.24 Å². The quantitative estimate of drug-likeness (QED) is 0.572. The summed E-state index contributed by atoms with van der Waals surface area (Å²) in [7, 11) is 2.95. The third kappa shape index (κ3) is 3.56. The van der Waals surface area contributed by atoms with Gasteiger partial charge in [0.2, 0.25) is 0 Å². The second-order valence-electron chi connectivity index (χ2n) is 5.20. The molecule has 1 atom stereocenters. The number of hydrogen-bond donors (Lipinski definition) is 0. The molecule has 0 aliphatic rings. The normalized spacial score (nSPS) is 14.2. The molecule has 0 radical (unpaired) electrons. The Kier molecular flexibility index (Phi) is 3.57. The topological polar surface area (TPSA) is 0 Å². The summed E-state index contributed by atoms with van der Waals surface area (Å²) in [4.78, 5) is 0. The molecule has 0 amide bonds. The van der Waals surface area contributed by atoms with Crippen molar-refractivity contribution in [3.05, 3.63) is 0 Å². The third-order valence-electron chi connectivity index (χ3n) is 2.66. The van der Waals surface area contributed by atoms with Crippen LogP contribution in [0, 0.1) is 11.3 Å². The smallest absolute Gasteiger partial charge is 0.0155 e. The Bertz CT molecular complexity index is 117. The average Bonchev–Trinajstić information content (AvgIpc) is 1.56. The van der Waals surface area contributed by atoms with Gasteiger partial charge in [0, 0.05) is 0 Å². The van der Waals surface area contributed by atoms with Gasteiger partial charge < -0.3 is 0 Å². The van der Waals surface area contributed by atoms with Gasteiger partial charge in [-0.25, -0.2) is 0 Å². The fraction of sp³-hybridized carbons (Fsp3) is 1.00. The highest BCUT2D eigenvalue weighted by molar-refractivity contribution is 7.18. The average molecular weight is 174 g/mol. The first-order valence-electron chi connectivity index (χ1n) is 4.46. The van der Waals surface area contributed by atoms with Crippen LogP contribution in [0.2, 0.25) is 0 Å². The van der Waals surface area contributed by atoms with Crippen LogP contribution in [0.3, 0.4) is 0 Å². The van der Waals surface area contributed by atoms with E-state index in [1.807, 2.05) is 0 Å². The molecule has 0 aliphatic heterocycles. The maximum Gasteiger partial charge on any atom is -0.0155 e. The van der Waals surface area contributed by atoms with E-state index in [2.05, 4.69) is 50.8 Å². The van der Waals surface area contributed by atoms with Gasteiger partial charge in [-0.3, -0.25) is 0 Å². The summed E-state index contributed by atoms with van der Waals surface area (Å²) in [6.45, 7) is 13.9. The molecule has 0 aromatic heterocycles. The predicted octanol–water partition coefficient (Wildman–Crippen LogP) is 3.71. The van der Waals surface area contributed by atoms with E-state index >= 15 is 0 Å². The summed E-state index contributed by atoms with van der Waals surface area (Å²) in [5, 5.41) is 0.345. The Balaban J connectivity index is 4.22. The molecule has 0 aliphatic carbocycles. The summed E-state index contributed by atoms with van der Waals surface area (Å²) < 4.78 is 0. The highest BCUT2D eigenvalue weighted by atomic mass is 31.0. The minimum absolute atomic E-state index is 0.345. The van der Waals surface area contributed by atoms with Gasteiger partial charge in [0.25, 0.3) is 0 Å². The van der Waals surface area contributed by atoms with Crippen molar-refractivity contribution in [3.63, 3.8) is 0 Å². The predicted molar refractivity (Wildman–Crippen MR) is 57.0 cm³/mol. The molecule has 1 heteroatoms.